The summed E-state index contributed by atoms with van der Waals surface area (Å²) in [6.45, 7) is 4.33. The van der Waals surface area contributed by atoms with E-state index in [4.69, 9.17) is 11.6 Å². The number of aryl methyl sites for hydroxylation is 1. The van der Waals surface area contributed by atoms with Crippen molar-refractivity contribution in [1.29, 1.82) is 0 Å². The Hall–Kier alpha value is -0.790. The van der Waals surface area contributed by atoms with Gasteiger partial charge in [-0.05, 0) is 31.0 Å². The Bertz CT molecular complexity index is 461. The molecule has 1 aromatic carbocycles. The van der Waals surface area contributed by atoms with E-state index in [1.165, 1.54) is 15.3 Å². The summed E-state index contributed by atoms with van der Waals surface area (Å²) >= 11 is 8.43. The molecule has 1 aromatic heterocycles. The molecule has 0 radical (unpaired) electrons. The second-order valence-corrected chi connectivity index (χ2v) is 6.07. The molecule has 2 aromatic rings. The van der Waals surface area contributed by atoms with E-state index in [9.17, 15) is 0 Å². The van der Waals surface area contributed by atoms with Gasteiger partial charge in [-0.3, -0.25) is 0 Å². The van der Waals surface area contributed by atoms with E-state index < -0.39 is 0 Å². The van der Waals surface area contributed by atoms with Crippen LogP contribution in [0.4, 0.5) is 0 Å². The Morgan fingerprint density at radius 3 is 2.35 bits per heavy atom. The molecule has 0 N–H and O–H groups in total. The fraction of sp³-hybridized carbons (Fsp3) is 0.333. The van der Waals surface area contributed by atoms with Gasteiger partial charge in [-0.1, -0.05) is 37.3 Å². The average molecular weight is 265 g/mol. The fourth-order valence-corrected chi connectivity index (χ4v) is 3.56. The van der Waals surface area contributed by atoms with Gasteiger partial charge in [0.05, 0.1) is 5.38 Å². The highest BCUT2D eigenvalue weighted by molar-refractivity contribution is 7.12. The third-order valence-corrected chi connectivity index (χ3v) is 4.81. The second kappa shape index (κ2) is 5.70. The Morgan fingerprint density at radius 2 is 1.82 bits per heavy atom. The Kier molecular flexibility index (Phi) is 4.25. The summed E-state index contributed by atoms with van der Waals surface area (Å²) in [7, 11) is 0. The minimum atomic E-state index is 0.0844. The Labute approximate surface area is 112 Å². The number of hydrogen-bond donors (Lipinski definition) is 0. The van der Waals surface area contributed by atoms with Crippen molar-refractivity contribution in [2.45, 2.75) is 31.6 Å². The number of hydrogen-bond acceptors (Lipinski definition) is 1. The lowest BCUT2D eigenvalue weighted by Crippen LogP contribution is -2.04. The van der Waals surface area contributed by atoms with Gasteiger partial charge in [-0.2, -0.15) is 0 Å². The van der Waals surface area contributed by atoms with Crippen LogP contribution in [-0.4, -0.2) is 0 Å². The molecule has 0 aliphatic heterocycles. The largest absolute Gasteiger partial charge is 0.144 e. The maximum absolute atomic E-state index is 6.63. The molecule has 0 amide bonds. The van der Waals surface area contributed by atoms with Crippen LogP contribution in [0.15, 0.2) is 42.5 Å². The van der Waals surface area contributed by atoms with Gasteiger partial charge in [-0.25, -0.2) is 0 Å². The summed E-state index contributed by atoms with van der Waals surface area (Å²) in [5.41, 5.74) is 1.33. The second-order valence-electron chi connectivity index (χ2n) is 4.28. The summed E-state index contributed by atoms with van der Waals surface area (Å²) < 4.78 is 0. The average Bonchev–Trinajstić information content (AvgIpc) is 2.78. The Balaban J connectivity index is 2.25. The highest BCUT2D eigenvalue weighted by atomic mass is 35.5. The van der Waals surface area contributed by atoms with E-state index in [0.717, 1.165) is 6.42 Å². The first kappa shape index (κ1) is 12.7. The zero-order valence-electron chi connectivity index (χ0n) is 10.2. The summed E-state index contributed by atoms with van der Waals surface area (Å²) in [5, 5.41) is 0.0844. The predicted molar refractivity (Wildman–Crippen MR) is 77.1 cm³/mol. The molecule has 90 valence electrons. The van der Waals surface area contributed by atoms with Crippen molar-refractivity contribution >= 4 is 22.9 Å². The van der Waals surface area contributed by atoms with Gasteiger partial charge in [0.25, 0.3) is 0 Å². The molecule has 0 saturated heterocycles. The molecule has 2 rings (SSSR count). The minimum Gasteiger partial charge on any atom is -0.144 e. The number of rotatable bonds is 4. The summed E-state index contributed by atoms with van der Waals surface area (Å²) in [6, 6.07) is 14.9. The molecular formula is C15H17ClS. The van der Waals surface area contributed by atoms with E-state index in [1.54, 1.807) is 11.3 Å². The molecule has 0 spiro atoms. The maximum Gasteiger partial charge on any atom is 0.0746 e. The third kappa shape index (κ3) is 2.91. The van der Waals surface area contributed by atoms with E-state index in [-0.39, 0.29) is 5.38 Å². The van der Waals surface area contributed by atoms with Crippen LogP contribution in [0.1, 0.15) is 40.0 Å². The molecule has 17 heavy (non-hydrogen) atoms. The summed E-state index contributed by atoms with van der Waals surface area (Å²) in [6.07, 6.45) is 1.06. The zero-order valence-corrected chi connectivity index (χ0v) is 11.8. The lowest BCUT2D eigenvalue weighted by molar-refractivity contribution is 0.647. The van der Waals surface area contributed by atoms with Gasteiger partial charge in [0.1, 0.15) is 0 Å². The lowest BCUT2D eigenvalue weighted by atomic mass is 9.92. The summed E-state index contributed by atoms with van der Waals surface area (Å²) in [5.74, 6) is 0.399. The Morgan fingerprint density at radius 1 is 1.12 bits per heavy atom. The molecular weight excluding hydrogens is 248 g/mol. The smallest absolute Gasteiger partial charge is 0.0746 e. The normalized spacial score (nSPS) is 14.5. The van der Waals surface area contributed by atoms with Crippen molar-refractivity contribution in [1.82, 2.24) is 0 Å². The van der Waals surface area contributed by atoms with Crippen molar-refractivity contribution in [3.63, 3.8) is 0 Å². The van der Waals surface area contributed by atoms with E-state index in [1.807, 2.05) is 0 Å². The highest BCUT2D eigenvalue weighted by Gasteiger charge is 2.22. The van der Waals surface area contributed by atoms with Gasteiger partial charge < -0.3 is 0 Å². The van der Waals surface area contributed by atoms with Crippen molar-refractivity contribution in [2.24, 2.45) is 0 Å². The third-order valence-electron chi connectivity index (χ3n) is 3.05. The van der Waals surface area contributed by atoms with Crippen LogP contribution in [0, 0.1) is 6.92 Å². The van der Waals surface area contributed by atoms with Crippen LogP contribution in [0.2, 0.25) is 0 Å². The zero-order chi connectivity index (χ0) is 12.3. The summed E-state index contributed by atoms with van der Waals surface area (Å²) in [4.78, 5) is 2.61. The van der Waals surface area contributed by atoms with Crippen molar-refractivity contribution < 1.29 is 0 Å². The van der Waals surface area contributed by atoms with Crippen LogP contribution in [-0.2, 0) is 0 Å². The van der Waals surface area contributed by atoms with Crippen molar-refractivity contribution in [2.75, 3.05) is 0 Å². The first-order valence-corrected chi connectivity index (χ1v) is 7.23. The fourth-order valence-electron chi connectivity index (χ4n) is 2.11. The van der Waals surface area contributed by atoms with Gasteiger partial charge >= 0.3 is 0 Å². The van der Waals surface area contributed by atoms with Crippen LogP contribution < -0.4 is 0 Å². The maximum atomic E-state index is 6.63. The molecule has 0 aliphatic rings. The number of alkyl halides is 1. The van der Waals surface area contributed by atoms with Gasteiger partial charge in [-0.15, -0.1) is 22.9 Å². The van der Waals surface area contributed by atoms with Crippen LogP contribution >= 0.6 is 22.9 Å². The topological polar surface area (TPSA) is 0 Å². The number of halogens is 1. The minimum absolute atomic E-state index is 0.0844. The van der Waals surface area contributed by atoms with Crippen LogP contribution in [0.3, 0.4) is 0 Å². The van der Waals surface area contributed by atoms with E-state index in [2.05, 4.69) is 56.3 Å². The number of thiophene rings is 1. The van der Waals surface area contributed by atoms with E-state index >= 15 is 0 Å². The van der Waals surface area contributed by atoms with Crippen molar-refractivity contribution in [3.05, 3.63) is 57.8 Å². The first-order chi connectivity index (χ1) is 8.22. The molecule has 2 unspecified atom stereocenters. The van der Waals surface area contributed by atoms with Crippen LogP contribution in [0.5, 0.6) is 0 Å². The molecule has 0 aliphatic carbocycles. The molecule has 2 atom stereocenters. The monoisotopic (exact) mass is 264 g/mol. The number of benzene rings is 1. The molecule has 1 heterocycles. The van der Waals surface area contributed by atoms with Gasteiger partial charge in [0.2, 0.25) is 0 Å². The molecule has 0 nitrogen and oxygen atoms in total. The quantitative estimate of drug-likeness (QED) is 0.637. The highest BCUT2D eigenvalue weighted by Crippen LogP contribution is 2.41. The SMILES string of the molecule is CCC(c1ccccc1)C(Cl)c1ccc(C)s1. The lowest BCUT2D eigenvalue weighted by Gasteiger charge is -2.20. The van der Waals surface area contributed by atoms with Gasteiger partial charge in [0.15, 0.2) is 0 Å². The molecule has 0 bridgehead atoms. The molecule has 2 heteroatoms. The first-order valence-electron chi connectivity index (χ1n) is 5.97. The van der Waals surface area contributed by atoms with Gasteiger partial charge in [0, 0.05) is 15.7 Å². The molecule has 0 saturated carbocycles. The molecule has 0 fully saturated rings. The van der Waals surface area contributed by atoms with Crippen LogP contribution in [0.25, 0.3) is 0 Å². The van der Waals surface area contributed by atoms with Crippen molar-refractivity contribution in [3.8, 4) is 0 Å². The standard InChI is InChI=1S/C15H17ClS/c1-3-13(12-7-5-4-6-8-12)15(16)14-10-9-11(2)17-14/h4-10,13,15H,3H2,1-2H3. The van der Waals surface area contributed by atoms with E-state index in [0.29, 0.717) is 5.92 Å². The predicted octanol–water partition coefficient (Wildman–Crippen LogP) is 5.53.